The molecule has 0 unspecified atom stereocenters. The molecular formula is C13H7Cl2N3O3S. The quantitative estimate of drug-likeness (QED) is 0.573. The Labute approximate surface area is 136 Å². The van der Waals surface area contributed by atoms with E-state index in [1.165, 1.54) is 12.1 Å². The Kier molecular flexibility index (Phi) is 4.10. The van der Waals surface area contributed by atoms with Gasteiger partial charge in [0, 0.05) is 11.1 Å². The zero-order valence-electron chi connectivity index (χ0n) is 10.7. The largest absolute Gasteiger partial charge is 0.334 e. The zero-order chi connectivity index (χ0) is 15.7. The van der Waals surface area contributed by atoms with Crippen molar-refractivity contribution in [3.63, 3.8) is 0 Å². The van der Waals surface area contributed by atoms with E-state index in [4.69, 9.17) is 27.7 Å². The lowest BCUT2D eigenvalue weighted by Crippen LogP contribution is -1.85. The van der Waals surface area contributed by atoms with E-state index in [0.717, 1.165) is 0 Å². The smallest absolute Gasteiger partial charge is 0.258 e. The van der Waals surface area contributed by atoms with Crippen molar-refractivity contribution in [3.05, 3.63) is 46.7 Å². The summed E-state index contributed by atoms with van der Waals surface area (Å²) >= 11 is 11.7. The van der Waals surface area contributed by atoms with E-state index in [2.05, 4.69) is 15.1 Å². The Bertz CT molecular complexity index is 879. The second-order valence-electron chi connectivity index (χ2n) is 4.23. The highest BCUT2D eigenvalue weighted by atomic mass is 35.5. The Morgan fingerprint density at radius 3 is 2.14 bits per heavy atom. The molecule has 2 heterocycles. The van der Waals surface area contributed by atoms with Gasteiger partial charge < -0.3 is 4.52 Å². The molecule has 0 radical (unpaired) electrons. The Morgan fingerprint density at radius 2 is 1.55 bits per heavy atom. The van der Waals surface area contributed by atoms with Crippen LogP contribution in [0.5, 0.6) is 0 Å². The van der Waals surface area contributed by atoms with Crippen molar-refractivity contribution >= 4 is 33.9 Å². The SMILES string of the molecule is O=[SH](=O)c1ccc(-c2noc(-c3cc(Cl)nc(Cl)c3)n2)cc1. The van der Waals surface area contributed by atoms with Crippen molar-refractivity contribution in [2.45, 2.75) is 4.90 Å². The highest BCUT2D eigenvalue weighted by Gasteiger charge is 2.12. The highest BCUT2D eigenvalue weighted by Crippen LogP contribution is 2.26. The van der Waals surface area contributed by atoms with Crippen LogP contribution in [0, 0.1) is 0 Å². The lowest BCUT2D eigenvalue weighted by molar-refractivity contribution is 0.432. The van der Waals surface area contributed by atoms with Crippen LogP contribution in [0.4, 0.5) is 0 Å². The Morgan fingerprint density at radius 1 is 0.909 bits per heavy atom. The fourth-order valence-electron chi connectivity index (χ4n) is 1.78. The lowest BCUT2D eigenvalue weighted by Gasteiger charge is -1.96. The van der Waals surface area contributed by atoms with Crippen molar-refractivity contribution < 1.29 is 12.9 Å². The number of thiol groups is 1. The first-order valence-corrected chi connectivity index (χ1v) is 7.88. The molecule has 0 amide bonds. The van der Waals surface area contributed by atoms with Gasteiger partial charge >= 0.3 is 0 Å². The maximum absolute atomic E-state index is 10.9. The minimum atomic E-state index is -2.62. The molecule has 0 aliphatic rings. The molecule has 9 heteroatoms. The van der Waals surface area contributed by atoms with Crippen LogP contribution in [-0.2, 0) is 10.7 Å². The summed E-state index contributed by atoms with van der Waals surface area (Å²) in [6, 6.07) is 9.24. The number of halogens is 2. The van der Waals surface area contributed by atoms with E-state index in [-0.39, 0.29) is 21.1 Å². The van der Waals surface area contributed by atoms with Crippen LogP contribution in [0.2, 0.25) is 10.3 Å². The van der Waals surface area contributed by atoms with Gasteiger partial charge in [-0.1, -0.05) is 28.4 Å². The van der Waals surface area contributed by atoms with Crippen LogP contribution in [0.3, 0.4) is 0 Å². The monoisotopic (exact) mass is 355 g/mol. The molecule has 0 saturated heterocycles. The number of rotatable bonds is 3. The van der Waals surface area contributed by atoms with Crippen LogP contribution < -0.4 is 0 Å². The number of pyridine rings is 1. The van der Waals surface area contributed by atoms with E-state index < -0.39 is 10.7 Å². The summed E-state index contributed by atoms with van der Waals surface area (Å²) in [6.45, 7) is 0. The van der Waals surface area contributed by atoms with Crippen LogP contribution in [-0.4, -0.2) is 23.5 Å². The van der Waals surface area contributed by atoms with Gasteiger partial charge in [-0.05, 0) is 36.4 Å². The van der Waals surface area contributed by atoms with Crippen molar-refractivity contribution in [3.8, 4) is 22.8 Å². The van der Waals surface area contributed by atoms with Crippen molar-refractivity contribution in [1.82, 2.24) is 15.1 Å². The Hall–Kier alpha value is -1.96. The van der Waals surface area contributed by atoms with Crippen LogP contribution >= 0.6 is 23.2 Å². The number of hydrogen-bond donors (Lipinski definition) is 1. The van der Waals surface area contributed by atoms with Gasteiger partial charge in [-0.15, -0.1) is 0 Å². The third-order valence-electron chi connectivity index (χ3n) is 2.77. The first kappa shape index (κ1) is 15.0. The molecule has 0 aliphatic heterocycles. The van der Waals surface area contributed by atoms with E-state index in [9.17, 15) is 8.42 Å². The average molecular weight is 356 g/mol. The van der Waals surface area contributed by atoms with Crippen LogP contribution in [0.1, 0.15) is 0 Å². The summed E-state index contributed by atoms with van der Waals surface area (Å²) in [4.78, 5) is 8.29. The molecule has 0 aliphatic carbocycles. The summed E-state index contributed by atoms with van der Waals surface area (Å²) in [5.41, 5.74) is 1.17. The molecular weight excluding hydrogens is 349 g/mol. The fourth-order valence-corrected chi connectivity index (χ4v) is 2.63. The predicted molar refractivity (Wildman–Crippen MR) is 81.6 cm³/mol. The van der Waals surface area contributed by atoms with E-state index in [0.29, 0.717) is 17.0 Å². The van der Waals surface area contributed by atoms with Crippen LogP contribution in [0.25, 0.3) is 22.8 Å². The molecule has 3 rings (SSSR count). The van der Waals surface area contributed by atoms with Gasteiger partial charge in [0.2, 0.25) is 5.82 Å². The van der Waals surface area contributed by atoms with E-state index in [1.54, 1.807) is 24.3 Å². The third kappa shape index (κ3) is 3.11. The number of aromatic nitrogens is 3. The molecule has 22 heavy (non-hydrogen) atoms. The Balaban J connectivity index is 1.96. The predicted octanol–water partition coefficient (Wildman–Crippen LogP) is 3.08. The van der Waals surface area contributed by atoms with Crippen molar-refractivity contribution in [1.29, 1.82) is 0 Å². The van der Waals surface area contributed by atoms with E-state index >= 15 is 0 Å². The topological polar surface area (TPSA) is 86.0 Å². The molecule has 0 N–H and O–H groups in total. The van der Waals surface area contributed by atoms with Crippen molar-refractivity contribution in [2.24, 2.45) is 0 Å². The molecule has 0 spiro atoms. The lowest BCUT2D eigenvalue weighted by atomic mass is 10.2. The molecule has 2 aromatic heterocycles. The standard InChI is InChI=1S/C13H7Cl2N3O3S/c14-10-5-8(6-11(15)16-10)13-17-12(18-21-13)7-1-3-9(4-2-7)22(19)20/h1-6,22H. The number of hydrogen-bond acceptors (Lipinski definition) is 6. The van der Waals surface area contributed by atoms with Gasteiger partial charge in [0.1, 0.15) is 10.3 Å². The van der Waals surface area contributed by atoms with Gasteiger partial charge in [-0.25, -0.2) is 13.4 Å². The molecule has 0 atom stereocenters. The molecule has 6 nitrogen and oxygen atoms in total. The van der Waals surface area contributed by atoms with Gasteiger partial charge in [0.25, 0.3) is 5.89 Å². The second-order valence-corrected chi connectivity index (χ2v) is 6.03. The summed E-state index contributed by atoms with van der Waals surface area (Å²) in [5, 5.41) is 4.28. The summed E-state index contributed by atoms with van der Waals surface area (Å²) in [7, 11) is -2.62. The maximum Gasteiger partial charge on any atom is 0.258 e. The zero-order valence-corrected chi connectivity index (χ0v) is 13.1. The van der Waals surface area contributed by atoms with Crippen molar-refractivity contribution in [2.75, 3.05) is 0 Å². The van der Waals surface area contributed by atoms with Crippen LogP contribution in [0.15, 0.2) is 45.8 Å². The average Bonchev–Trinajstić information content (AvgIpc) is 2.96. The minimum Gasteiger partial charge on any atom is -0.334 e. The molecule has 0 fully saturated rings. The van der Waals surface area contributed by atoms with Gasteiger partial charge in [-0.2, -0.15) is 4.98 Å². The second kappa shape index (κ2) is 6.04. The van der Waals surface area contributed by atoms with Gasteiger partial charge in [-0.3, -0.25) is 0 Å². The first-order valence-electron chi connectivity index (χ1n) is 5.95. The molecule has 3 aromatic rings. The van der Waals surface area contributed by atoms with Gasteiger partial charge in [0.05, 0.1) is 4.90 Å². The third-order valence-corrected chi connectivity index (χ3v) is 3.88. The number of nitrogens with zero attached hydrogens (tertiary/aromatic N) is 3. The molecule has 112 valence electrons. The summed E-state index contributed by atoms with van der Waals surface area (Å²) < 4.78 is 26.9. The highest BCUT2D eigenvalue weighted by molar-refractivity contribution is 7.72. The summed E-state index contributed by atoms with van der Waals surface area (Å²) in [6.07, 6.45) is 0. The number of benzene rings is 1. The first-order chi connectivity index (χ1) is 10.5. The molecule has 1 aromatic carbocycles. The molecule has 0 bridgehead atoms. The fraction of sp³-hybridized carbons (Fsp3) is 0. The normalized spacial score (nSPS) is 11.0. The summed E-state index contributed by atoms with van der Waals surface area (Å²) in [5.74, 6) is 0.562. The van der Waals surface area contributed by atoms with Gasteiger partial charge in [0.15, 0.2) is 10.7 Å². The molecule has 0 saturated carbocycles. The minimum absolute atomic E-state index is 0.214. The van der Waals surface area contributed by atoms with E-state index in [1.807, 2.05) is 0 Å². The maximum atomic E-state index is 10.9.